The summed E-state index contributed by atoms with van der Waals surface area (Å²) in [4.78, 5) is 0. The molecule has 0 N–H and O–H groups in total. The van der Waals surface area contributed by atoms with E-state index in [0.29, 0.717) is 13.2 Å². The van der Waals surface area contributed by atoms with Gasteiger partial charge in [0, 0.05) is 5.56 Å². The maximum Gasteiger partial charge on any atom is 0.192 e. The molecule has 24 heavy (non-hydrogen) atoms. The van der Waals surface area contributed by atoms with Gasteiger partial charge in [0.1, 0.15) is 0 Å². The molecule has 0 spiro atoms. The van der Waals surface area contributed by atoms with E-state index in [0.717, 1.165) is 5.56 Å². The van der Waals surface area contributed by atoms with Gasteiger partial charge in [0.25, 0.3) is 0 Å². The first-order valence-corrected chi connectivity index (χ1v) is 8.54. The van der Waals surface area contributed by atoms with Crippen LogP contribution in [0.1, 0.15) is 23.6 Å². The monoisotopic (exact) mass is 316 g/mol. The number of rotatable bonds is 1. The molecule has 0 atom stereocenters. The van der Waals surface area contributed by atoms with Gasteiger partial charge in [0.2, 0.25) is 0 Å². The number of hydrogen-bond donors (Lipinski definition) is 0. The molecule has 1 fully saturated rings. The fourth-order valence-corrected chi connectivity index (χ4v) is 4.26. The van der Waals surface area contributed by atoms with Crippen LogP contribution in [0.3, 0.4) is 0 Å². The van der Waals surface area contributed by atoms with Crippen molar-refractivity contribution in [1.29, 1.82) is 0 Å². The Morgan fingerprint density at radius 1 is 0.750 bits per heavy atom. The molecule has 0 aromatic heterocycles. The molecule has 0 radical (unpaired) electrons. The molecule has 1 aliphatic rings. The Hall–Kier alpha value is -2.16. The third kappa shape index (κ3) is 1.73. The highest BCUT2D eigenvalue weighted by Gasteiger charge is 2.35. The van der Waals surface area contributed by atoms with Crippen molar-refractivity contribution in [3.05, 3.63) is 59.2 Å². The minimum absolute atomic E-state index is 0.649. The van der Waals surface area contributed by atoms with Gasteiger partial charge in [-0.25, -0.2) is 0 Å². The standard InChI is InChI=1S/C22H20O2/c1-13-4-5-15-6-7-17-14(2)12-19(22(3)23-10-11-24-22)18-9-8-16(13)20(15)21(17)18/h4-9,12H,10-11H2,1-3H3. The molecule has 0 unspecified atom stereocenters. The quantitative estimate of drug-likeness (QED) is 0.436. The van der Waals surface area contributed by atoms with Crippen molar-refractivity contribution in [2.45, 2.75) is 26.6 Å². The third-order valence-electron chi connectivity index (χ3n) is 5.53. The van der Waals surface area contributed by atoms with E-state index in [1.54, 1.807) is 0 Å². The average molecular weight is 316 g/mol. The van der Waals surface area contributed by atoms with E-state index in [1.807, 2.05) is 6.92 Å². The molecule has 4 aromatic carbocycles. The molecule has 2 heteroatoms. The Balaban J connectivity index is 2.02. The molecule has 1 heterocycles. The highest BCUT2D eigenvalue weighted by atomic mass is 16.7. The van der Waals surface area contributed by atoms with Gasteiger partial charge in [-0.2, -0.15) is 0 Å². The zero-order chi connectivity index (χ0) is 16.5. The van der Waals surface area contributed by atoms with Gasteiger partial charge in [0.05, 0.1) is 13.2 Å². The molecular formula is C22H20O2. The van der Waals surface area contributed by atoms with Gasteiger partial charge in [0.15, 0.2) is 5.79 Å². The molecule has 0 saturated carbocycles. The van der Waals surface area contributed by atoms with Crippen LogP contribution in [0.4, 0.5) is 0 Å². The van der Waals surface area contributed by atoms with Crippen molar-refractivity contribution in [2.75, 3.05) is 13.2 Å². The Bertz CT molecular complexity index is 1090. The second kappa shape index (κ2) is 4.69. The lowest BCUT2D eigenvalue weighted by Gasteiger charge is -2.26. The Labute approximate surface area is 141 Å². The zero-order valence-corrected chi connectivity index (χ0v) is 14.3. The van der Waals surface area contributed by atoms with Gasteiger partial charge in [-0.3, -0.25) is 0 Å². The van der Waals surface area contributed by atoms with E-state index >= 15 is 0 Å². The maximum absolute atomic E-state index is 5.97. The van der Waals surface area contributed by atoms with Crippen molar-refractivity contribution in [3.8, 4) is 0 Å². The van der Waals surface area contributed by atoms with Crippen LogP contribution in [-0.4, -0.2) is 13.2 Å². The van der Waals surface area contributed by atoms with E-state index < -0.39 is 5.79 Å². The summed E-state index contributed by atoms with van der Waals surface area (Å²) in [6.07, 6.45) is 0. The first-order chi connectivity index (χ1) is 11.6. The molecule has 5 rings (SSSR count). The van der Waals surface area contributed by atoms with Gasteiger partial charge < -0.3 is 9.47 Å². The number of aryl methyl sites for hydroxylation is 2. The van der Waals surface area contributed by atoms with E-state index in [9.17, 15) is 0 Å². The topological polar surface area (TPSA) is 18.5 Å². The molecule has 1 saturated heterocycles. The molecule has 120 valence electrons. The Kier molecular flexibility index (Phi) is 2.77. The molecule has 0 bridgehead atoms. The highest BCUT2D eigenvalue weighted by Crippen LogP contribution is 2.43. The summed E-state index contributed by atoms with van der Waals surface area (Å²) in [6.45, 7) is 7.70. The highest BCUT2D eigenvalue weighted by molar-refractivity contribution is 6.24. The fraction of sp³-hybridized carbons (Fsp3) is 0.273. The number of benzene rings is 4. The maximum atomic E-state index is 5.97. The van der Waals surface area contributed by atoms with Crippen LogP contribution in [0.2, 0.25) is 0 Å². The van der Waals surface area contributed by atoms with E-state index in [4.69, 9.17) is 9.47 Å². The SMILES string of the molecule is Cc1ccc2ccc3c(C)cc(C4(C)OCCO4)c4ccc1c2c34. The van der Waals surface area contributed by atoms with Gasteiger partial charge >= 0.3 is 0 Å². The largest absolute Gasteiger partial charge is 0.344 e. The van der Waals surface area contributed by atoms with Crippen LogP contribution in [0.25, 0.3) is 32.3 Å². The first kappa shape index (κ1) is 14.2. The number of ether oxygens (including phenoxy) is 2. The summed E-state index contributed by atoms with van der Waals surface area (Å²) < 4.78 is 11.9. The van der Waals surface area contributed by atoms with Crippen molar-refractivity contribution in [2.24, 2.45) is 0 Å². The minimum atomic E-state index is -0.651. The second-order valence-corrected chi connectivity index (χ2v) is 7.01. The lowest BCUT2D eigenvalue weighted by atomic mass is 9.86. The summed E-state index contributed by atoms with van der Waals surface area (Å²) in [5.41, 5.74) is 3.73. The normalized spacial score (nSPS) is 17.5. The molecule has 1 aliphatic heterocycles. The Morgan fingerprint density at radius 3 is 2.17 bits per heavy atom. The van der Waals surface area contributed by atoms with E-state index in [1.165, 1.54) is 43.4 Å². The van der Waals surface area contributed by atoms with Crippen molar-refractivity contribution in [3.63, 3.8) is 0 Å². The summed E-state index contributed by atoms with van der Waals surface area (Å²) in [5, 5.41) is 7.88. The lowest BCUT2D eigenvalue weighted by Crippen LogP contribution is -2.23. The minimum Gasteiger partial charge on any atom is -0.344 e. The van der Waals surface area contributed by atoms with E-state index in [-0.39, 0.29) is 0 Å². The summed E-state index contributed by atoms with van der Waals surface area (Å²) in [6, 6.07) is 15.6. The number of hydrogen-bond acceptors (Lipinski definition) is 2. The van der Waals surface area contributed by atoms with Crippen LogP contribution in [0.5, 0.6) is 0 Å². The van der Waals surface area contributed by atoms with Gasteiger partial charge in [-0.15, -0.1) is 0 Å². The predicted molar refractivity (Wildman–Crippen MR) is 98.9 cm³/mol. The zero-order valence-electron chi connectivity index (χ0n) is 14.3. The van der Waals surface area contributed by atoms with Crippen LogP contribution in [0, 0.1) is 13.8 Å². The van der Waals surface area contributed by atoms with Crippen LogP contribution in [-0.2, 0) is 15.3 Å². The first-order valence-electron chi connectivity index (χ1n) is 8.54. The second-order valence-electron chi connectivity index (χ2n) is 7.01. The smallest absolute Gasteiger partial charge is 0.192 e. The summed E-state index contributed by atoms with van der Waals surface area (Å²) in [7, 11) is 0. The van der Waals surface area contributed by atoms with Gasteiger partial charge in [-0.1, -0.05) is 36.4 Å². The van der Waals surface area contributed by atoms with Crippen LogP contribution < -0.4 is 0 Å². The summed E-state index contributed by atoms with van der Waals surface area (Å²) >= 11 is 0. The van der Waals surface area contributed by atoms with Gasteiger partial charge in [-0.05, 0) is 70.3 Å². The summed E-state index contributed by atoms with van der Waals surface area (Å²) in [5.74, 6) is -0.651. The average Bonchev–Trinajstić information content (AvgIpc) is 3.03. The molecule has 0 amide bonds. The fourth-order valence-electron chi connectivity index (χ4n) is 4.26. The van der Waals surface area contributed by atoms with Crippen LogP contribution >= 0.6 is 0 Å². The van der Waals surface area contributed by atoms with E-state index in [2.05, 4.69) is 56.3 Å². The lowest BCUT2D eigenvalue weighted by molar-refractivity contribution is -0.148. The van der Waals surface area contributed by atoms with Crippen molar-refractivity contribution in [1.82, 2.24) is 0 Å². The van der Waals surface area contributed by atoms with Crippen molar-refractivity contribution >= 4 is 32.3 Å². The molecular weight excluding hydrogens is 296 g/mol. The molecule has 2 nitrogen and oxygen atoms in total. The molecule has 0 aliphatic carbocycles. The molecule has 4 aromatic rings. The van der Waals surface area contributed by atoms with Crippen molar-refractivity contribution < 1.29 is 9.47 Å². The predicted octanol–water partition coefficient (Wildman–Crippen LogP) is 5.42. The van der Waals surface area contributed by atoms with Crippen LogP contribution in [0.15, 0.2) is 42.5 Å². The Morgan fingerprint density at radius 2 is 1.38 bits per heavy atom. The third-order valence-corrected chi connectivity index (χ3v) is 5.53.